The molecule has 0 aromatic rings. The number of quaternary nitrogens is 1. The van der Waals surface area contributed by atoms with Crippen LogP contribution in [-0.2, 0) is 18.4 Å². The van der Waals surface area contributed by atoms with Crippen LogP contribution in [0, 0.1) is 0 Å². The highest BCUT2D eigenvalue weighted by atomic mass is 31.2. The lowest BCUT2D eigenvalue weighted by Crippen LogP contribution is -2.45. The summed E-state index contributed by atoms with van der Waals surface area (Å²) in [6.07, 6.45) is 8.18. The van der Waals surface area contributed by atoms with E-state index in [4.69, 9.17) is 9.05 Å². The molecular weight excluding hydrogens is 395 g/mol. The lowest BCUT2D eigenvalue weighted by molar-refractivity contribution is -0.870. The number of nitrogens with zero attached hydrogens (tertiary/aromatic N) is 1. The first-order valence-corrected chi connectivity index (χ1v) is 12.0. The fourth-order valence-electron chi connectivity index (χ4n) is 2.37. The van der Waals surface area contributed by atoms with Crippen molar-refractivity contribution in [2.75, 3.05) is 40.9 Å². The van der Waals surface area contributed by atoms with E-state index in [-0.39, 0.29) is 19.1 Å². The van der Waals surface area contributed by atoms with Gasteiger partial charge in [-0.3, -0.25) is 9.36 Å². The second-order valence-electron chi connectivity index (χ2n) is 8.28. The van der Waals surface area contributed by atoms with Crippen LogP contribution in [0.25, 0.3) is 0 Å². The molecule has 0 heterocycles. The molecule has 0 aromatic heterocycles. The highest BCUT2D eigenvalue weighted by Gasteiger charge is 2.23. The number of hydrogen-bond donors (Lipinski definition) is 2. The standard InChI is InChI=1S/C20H41N2O6P/c1-6-8-10-12-13-19(23)18(21-20(24)14-11-9-7-2)17-28-29(25,26)27-16-15-22(3,4)5/h12-13,18-19,23H,6-11,14-17H2,1-5H3,(H-,21,24,25,26)/b13-12+. The van der Waals surface area contributed by atoms with Gasteiger partial charge in [-0.25, -0.2) is 0 Å². The first kappa shape index (κ1) is 28.2. The Kier molecular flexibility index (Phi) is 14.7. The summed E-state index contributed by atoms with van der Waals surface area (Å²) in [7, 11) is 1.24. The van der Waals surface area contributed by atoms with Gasteiger partial charge < -0.3 is 28.8 Å². The number of likely N-dealkylation sites (N-methyl/N-ethyl adjacent to an activating group) is 1. The minimum absolute atomic E-state index is 0.00219. The van der Waals surface area contributed by atoms with Gasteiger partial charge in [0.15, 0.2) is 0 Å². The second kappa shape index (κ2) is 15.1. The minimum atomic E-state index is -4.52. The van der Waals surface area contributed by atoms with Gasteiger partial charge in [0, 0.05) is 6.42 Å². The van der Waals surface area contributed by atoms with Gasteiger partial charge in [-0.1, -0.05) is 51.7 Å². The largest absolute Gasteiger partial charge is 0.756 e. The quantitative estimate of drug-likeness (QED) is 0.157. The van der Waals surface area contributed by atoms with Crippen LogP contribution >= 0.6 is 7.82 Å². The van der Waals surface area contributed by atoms with Crippen molar-refractivity contribution in [2.45, 2.75) is 70.9 Å². The molecule has 0 spiro atoms. The Morgan fingerprint density at radius 3 is 2.41 bits per heavy atom. The van der Waals surface area contributed by atoms with Crippen molar-refractivity contribution < 1.29 is 32.9 Å². The average molecular weight is 437 g/mol. The molecule has 8 nitrogen and oxygen atoms in total. The molecule has 0 aromatic carbocycles. The molecule has 29 heavy (non-hydrogen) atoms. The van der Waals surface area contributed by atoms with Crippen LogP contribution in [-0.4, -0.2) is 68.5 Å². The van der Waals surface area contributed by atoms with E-state index in [2.05, 4.69) is 12.2 Å². The molecule has 3 atom stereocenters. The summed E-state index contributed by atoms with van der Waals surface area (Å²) in [6.45, 7) is 4.23. The normalized spacial score (nSPS) is 16.5. The molecule has 0 rings (SSSR count). The van der Waals surface area contributed by atoms with Crippen molar-refractivity contribution in [3.8, 4) is 0 Å². The Morgan fingerprint density at radius 2 is 1.83 bits per heavy atom. The number of carbonyl (C=O) groups is 1. The molecule has 0 radical (unpaired) electrons. The minimum Gasteiger partial charge on any atom is -0.756 e. The van der Waals surface area contributed by atoms with Crippen molar-refractivity contribution in [2.24, 2.45) is 0 Å². The SMILES string of the molecule is CCCC/C=C/C(O)C(COP(=O)([O-])OCC[N+](C)(C)C)NC(=O)CCCCC. The third kappa shape index (κ3) is 16.7. The third-order valence-electron chi connectivity index (χ3n) is 4.25. The van der Waals surface area contributed by atoms with E-state index in [0.717, 1.165) is 38.5 Å². The van der Waals surface area contributed by atoms with Crippen LogP contribution in [0.5, 0.6) is 0 Å². The summed E-state index contributed by atoms with van der Waals surface area (Å²) < 4.78 is 22.4. The zero-order valence-corrected chi connectivity index (χ0v) is 19.7. The molecule has 0 aliphatic carbocycles. The van der Waals surface area contributed by atoms with Crippen molar-refractivity contribution in [1.29, 1.82) is 0 Å². The maximum absolute atomic E-state index is 12.1. The lowest BCUT2D eigenvalue weighted by Gasteiger charge is -2.29. The molecule has 0 aliphatic rings. The molecule has 9 heteroatoms. The van der Waals surface area contributed by atoms with Gasteiger partial charge >= 0.3 is 0 Å². The van der Waals surface area contributed by atoms with E-state index in [9.17, 15) is 19.4 Å². The number of aliphatic hydroxyl groups is 1. The maximum Gasteiger partial charge on any atom is 0.268 e. The van der Waals surface area contributed by atoms with E-state index in [0.29, 0.717) is 17.4 Å². The van der Waals surface area contributed by atoms with E-state index in [1.807, 2.05) is 34.1 Å². The van der Waals surface area contributed by atoms with Crippen LogP contribution in [0.1, 0.15) is 58.8 Å². The predicted molar refractivity (Wildman–Crippen MR) is 113 cm³/mol. The molecule has 0 saturated heterocycles. The molecule has 2 N–H and O–H groups in total. The Balaban J connectivity index is 4.79. The molecule has 0 fully saturated rings. The molecule has 172 valence electrons. The van der Waals surface area contributed by atoms with E-state index >= 15 is 0 Å². The number of nitrogens with one attached hydrogen (secondary N) is 1. The molecular formula is C20H41N2O6P. The van der Waals surface area contributed by atoms with Gasteiger partial charge in [-0.2, -0.15) is 0 Å². The number of rotatable bonds is 17. The van der Waals surface area contributed by atoms with Crippen LogP contribution in [0.2, 0.25) is 0 Å². The maximum atomic E-state index is 12.1. The van der Waals surface area contributed by atoms with Crippen molar-refractivity contribution >= 4 is 13.7 Å². The van der Waals surface area contributed by atoms with Crippen LogP contribution in [0.3, 0.4) is 0 Å². The fraction of sp³-hybridized carbons (Fsp3) is 0.850. The number of phosphoric ester groups is 1. The van der Waals surface area contributed by atoms with E-state index < -0.39 is 20.0 Å². The Labute approximate surface area is 176 Å². The van der Waals surface area contributed by atoms with Gasteiger partial charge in [0.05, 0.1) is 39.9 Å². The van der Waals surface area contributed by atoms with E-state index in [1.54, 1.807) is 6.08 Å². The van der Waals surface area contributed by atoms with Gasteiger partial charge in [0.2, 0.25) is 5.91 Å². The molecule has 1 amide bonds. The third-order valence-corrected chi connectivity index (χ3v) is 5.21. The predicted octanol–water partition coefficient (Wildman–Crippen LogP) is 2.37. The topological polar surface area (TPSA) is 108 Å². The van der Waals surface area contributed by atoms with Crippen molar-refractivity contribution in [3.63, 3.8) is 0 Å². The summed E-state index contributed by atoms with van der Waals surface area (Å²) in [5.41, 5.74) is 0. The zero-order valence-electron chi connectivity index (χ0n) is 18.8. The first-order valence-electron chi connectivity index (χ1n) is 10.6. The highest BCUT2D eigenvalue weighted by molar-refractivity contribution is 7.45. The van der Waals surface area contributed by atoms with Crippen LogP contribution < -0.4 is 10.2 Å². The first-order chi connectivity index (χ1) is 13.5. The zero-order chi connectivity index (χ0) is 22.3. The second-order valence-corrected chi connectivity index (χ2v) is 9.69. The van der Waals surface area contributed by atoms with Gasteiger partial charge in [0.25, 0.3) is 7.82 Å². The van der Waals surface area contributed by atoms with Gasteiger partial charge in [-0.05, 0) is 12.8 Å². The number of unbranched alkanes of at least 4 members (excludes halogenated alkanes) is 4. The number of allylic oxidation sites excluding steroid dienone is 1. The summed E-state index contributed by atoms with van der Waals surface area (Å²) in [5, 5.41) is 13.1. The van der Waals surface area contributed by atoms with Crippen LogP contribution in [0.4, 0.5) is 0 Å². The monoisotopic (exact) mass is 436 g/mol. The number of amides is 1. The summed E-state index contributed by atoms with van der Waals surface area (Å²) >= 11 is 0. The lowest BCUT2D eigenvalue weighted by atomic mass is 10.1. The highest BCUT2D eigenvalue weighted by Crippen LogP contribution is 2.38. The number of carbonyl (C=O) groups excluding carboxylic acids is 1. The van der Waals surface area contributed by atoms with Crippen LogP contribution in [0.15, 0.2) is 12.2 Å². The molecule has 0 aliphatic heterocycles. The number of phosphoric acid groups is 1. The molecule has 0 saturated carbocycles. The average Bonchev–Trinajstić information content (AvgIpc) is 2.61. The number of hydrogen-bond acceptors (Lipinski definition) is 6. The molecule has 0 bridgehead atoms. The van der Waals surface area contributed by atoms with Gasteiger partial charge in [-0.15, -0.1) is 0 Å². The summed E-state index contributed by atoms with van der Waals surface area (Å²) in [4.78, 5) is 24.1. The Morgan fingerprint density at radius 1 is 1.17 bits per heavy atom. The van der Waals surface area contributed by atoms with E-state index in [1.165, 1.54) is 0 Å². The van der Waals surface area contributed by atoms with Gasteiger partial charge in [0.1, 0.15) is 13.2 Å². The summed E-state index contributed by atoms with van der Waals surface area (Å²) in [6, 6.07) is -0.869. The Hall–Kier alpha value is -0.760. The Bertz CT molecular complexity index is 522. The van der Waals surface area contributed by atoms with Crippen molar-refractivity contribution in [1.82, 2.24) is 5.32 Å². The molecule has 3 unspecified atom stereocenters. The fourth-order valence-corrected chi connectivity index (χ4v) is 3.09. The smallest absolute Gasteiger partial charge is 0.268 e. The summed E-state index contributed by atoms with van der Waals surface area (Å²) in [5.74, 6) is -0.236. The van der Waals surface area contributed by atoms with Crippen molar-refractivity contribution in [3.05, 3.63) is 12.2 Å². The number of aliphatic hydroxyl groups excluding tert-OH is 1.